The molecule has 1 aromatic rings. The molecule has 2 atom stereocenters. The second kappa shape index (κ2) is 6.69. The maximum atomic E-state index is 12.6. The first-order valence-electron chi connectivity index (χ1n) is 8.47. The highest BCUT2D eigenvalue weighted by Crippen LogP contribution is 2.22. The molecule has 1 aliphatic carbocycles. The predicted molar refractivity (Wildman–Crippen MR) is 87.3 cm³/mol. The van der Waals surface area contributed by atoms with E-state index in [0.717, 1.165) is 25.0 Å². The molecule has 1 aliphatic heterocycles. The van der Waals surface area contributed by atoms with E-state index in [9.17, 15) is 8.42 Å². The zero-order valence-corrected chi connectivity index (χ0v) is 14.2. The van der Waals surface area contributed by atoms with Gasteiger partial charge in [-0.1, -0.05) is 31.5 Å². The molecule has 5 heteroatoms. The Balaban J connectivity index is 1.62. The second-order valence-electron chi connectivity index (χ2n) is 6.84. The number of hydrogen-bond donors (Lipinski definition) is 1. The summed E-state index contributed by atoms with van der Waals surface area (Å²) in [5, 5.41) is 0. The Labute approximate surface area is 134 Å². The molecule has 1 heterocycles. The van der Waals surface area contributed by atoms with Gasteiger partial charge in [-0.2, -0.15) is 4.31 Å². The lowest BCUT2D eigenvalue weighted by Gasteiger charge is -2.38. The van der Waals surface area contributed by atoms with Crippen LogP contribution >= 0.6 is 0 Å². The van der Waals surface area contributed by atoms with Crippen molar-refractivity contribution in [1.29, 1.82) is 0 Å². The molecular formula is C17H27N2O2S+. The minimum Gasteiger partial charge on any atom is -0.330 e. The fourth-order valence-corrected chi connectivity index (χ4v) is 5.43. The first-order chi connectivity index (χ1) is 10.6. The van der Waals surface area contributed by atoms with Gasteiger partial charge < -0.3 is 4.90 Å². The van der Waals surface area contributed by atoms with Crippen LogP contribution in [0.25, 0.3) is 0 Å². The molecule has 1 saturated carbocycles. The molecule has 3 rings (SSSR count). The van der Waals surface area contributed by atoms with Crippen LogP contribution in [0.5, 0.6) is 0 Å². The van der Waals surface area contributed by atoms with Crippen molar-refractivity contribution in [3.63, 3.8) is 0 Å². The average molecular weight is 323 g/mol. The summed E-state index contributed by atoms with van der Waals surface area (Å²) < 4.78 is 26.9. The van der Waals surface area contributed by atoms with Gasteiger partial charge in [-0.3, -0.25) is 0 Å². The zero-order chi connectivity index (χ0) is 15.6. The van der Waals surface area contributed by atoms with E-state index in [0.29, 0.717) is 18.0 Å². The molecule has 2 fully saturated rings. The number of quaternary nitrogens is 1. The summed E-state index contributed by atoms with van der Waals surface area (Å²) in [7, 11) is -3.31. The first kappa shape index (κ1) is 16.0. The van der Waals surface area contributed by atoms with Crippen molar-refractivity contribution in [2.75, 3.05) is 26.2 Å². The predicted octanol–water partition coefficient (Wildman–Crippen LogP) is 1.15. The molecule has 1 N–H and O–H groups in total. The molecule has 0 aromatic heterocycles. The minimum atomic E-state index is -3.31. The van der Waals surface area contributed by atoms with Crippen molar-refractivity contribution in [3.8, 4) is 0 Å². The van der Waals surface area contributed by atoms with E-state index in [1.807, 2.05) is 6.07 Å². The lowest BCUT2D eigenvalue weighted by atomic mass is 9.86. The van der Waals surface area contributed by atoms with Crippen molar-refractivity contribution < 1.29 is 13.3 Å². The first-order valence-corrected chi connectivity index (χ1v) is 9.91. The Bertz CT molecular complexity index is 580. The van der Waals surface area contributed by atoms with E-state index in [-0.39, 0.29) is 0 Å². The van der Waals surface area contributed by atoms with E-state index < -0.39 is 10.0 Å². The molecule has 0 amide bonds. The van der Waals surface area contributed by atoms with Crippen LogP contribution in [0.4, 0.5) is 0 Å². The van der Waals surface area contributed by atoms with Crippen molar-refractivity contribution in [2.24, 2.45) is 5.92 Å². The summed E-state index contributed by atoms with van der Waals surface area (Å²) in [6.07, 6.45) is 5.31. The van der Waals surface area contributed by atoms with E-state index in [1.54, 1.807) is 33.5 Å². The molecule has 1 aromatic carbocycles. The van der Waals surface area contributed by atoms with Crippen LogP contribution in [0.15, 0.2) is 35.2 Å². The number of hydrogen-bond acceptors (Lipinski definition) is 2. The quantitative estimate of drug-likeness (QED) is 0.907. The molecule has 0 unspecified atom stereocenters. The number of benzene rings is 1. The topological polar surface area (TPSA) is 41.8 Å². The normalized spacial score (nSPS) is 28.6. The van der Waals surface area contributed by atoms with Gasteiger partial charge in [0.2, 0.25) is 10.0 Å². The van der Waals surface area contributed by atoms with E-state index in [2.05, 4.69) is 6.92 Å². The van der Waals surface area contributed by atoms with Gasteiger partial charge in [-0.25, -0.2) is 8.42 Å². The number of nitrogens with one attached hydrogen (secondary N) is 1. The summed E-state index contributed by atoms with van der Waals surface area (Å²) in [6.45, 7) is 5.55. The van der Waals surface area contributed by atoms with E-state index in [4.69, 9.17) is 0 Å². The van der Waals surface area contributed by atoms with Crippen LogP contribution in [0.1, 0.15) is 32.6 Å². The van der Waals surface area contributed by atoms with Crippen molar-refractivity contribution in [3.05, 3.63) is 30.3 Å². The van der Waals surface area contributed by atoms with Gasteiger partial charge in [-0.05, 0) is 30.9 Å². The monoisotopic (exact) mass is 323 g/mol. The Morgan fingerprint density at radius 2 is 1.77 bits per heavy atom. The van der Waals surface area contributed by atoms with Crippen LogP contribution in [-0.2, 0) is 10.0 Å². The van der Waals surface area contributed by atoms with Crippen LogP contribution in [0, 0.1) is 5.92 Å². The fraction of sp³-hybridized carbons (Fsp3) is 0.647. The molecular weight excluding hydrogens is 296 g/mol. The standard InChI is InChI=1S/C17H26N2O2S/c1-15-6-5-7-16(14-15)18-10-12-19(13-11-18)22(20,21)17-8-3-2-4-9-17/h2-4,8-9,15-16H,5-7,10-14H2,1H3/p+1/t15-,16-/m1/s1. The molecule has 0 radical (unpaired) electrons. The summed E-state index contributed by atoms with van der Waals surface area (Å²) in [5.41, 5.74) is 0. The Morgan fingerprint density at radius 1 is 1.09 bits per heavy atom. The molecule has 22 heavy (non-hydrogen) atoms. The van der Waals surface area contributed by atoms with E-state index in [1.165, 1.54) is 25.7 Å². The lowest BCUT2D eigenvalue weighted by molar-refractivity contribution is -0.930. The van der Waals surface area contributed by atoms with Gasteiger partial charge in [0.25, 0.3) is 0 Å². The smallest absolute Gasteiger partial charge is 0.243 e. The van der Waals surface area contributed by atoms with Crippen LogP contribution in [0.3, 0.4) is 0 Å². The third-order valence-corrected chi connectivity index (χ3v) is 7.17. The van der Waals surface area contributed by atoms with Gasteiger partial charge in [0, 0.05) is 6.42 Å². The van der Waals surface area contributed by atoms with Gasteiger partial charge in [-0.15, -0.1) is 0 Å². The minimum absolute atomic E-state index is 0.421. The van der Waals surface area contributed by atoms with Gasteiger partial charge >= 0.3 is 0 Å². The summed E-state index contributed by atoms with van der Waals surface area (Å²) in [5.74, 6) is 0.831. The highest BCUT2D eigenvalue weighted by atomic mass is 32.2. The molecule has 2 aliphatic rings. The maximum Gasteiger partial charge on any atom is 0.243 e. The second-order valence-corrected chi connectivity index (χ2v) is 8.78. The Morgan fingerprint density at radius 3 is 2.41 bits per heavy atom. The van der Waals surface area contributed by atoms with Gasteiger partial charge in [0.1, 0.15) is 0 Å². The zero-order valence-electron chi connectivity index (χ0n) is 13.4. The molecule has 122 valence electrons. The van der Waals surface area contributed by atoms with Crippen LogP contribution < -0.4 is 4.90 Å². The average Bonchev–Trinajstić information content (AvgIpc) is 2.56. The lowest BCUT2D eigenvalue weighted by Crippen LogP contribution is -3.18. The summed E-state index contributed by atoms with van der Waals surface area (Å²) in [4.78, 5) is 2.04. The number of rotatable bonds is 3. The number of piperazine rings is 1. The largest absolute Gasteiger partial charge is 0.330 e. The van der Waals surface area contributed by atoms with Gasteiger partial charge in [0.05, 0.1) is 37.1 Å². The third-order valence-electron chi connectivity index (χ3n) is 5.26. The highest BCUT2D eigenvalue weighted by molar-refractivity contribution is 7.89. The van der Waals surface area contributed by atoms with Crippen LogP contribution in [0.2, 0.25) is 0 Å². The highest BCUT2D eigenvalue weighted by Gasteiger charge is 2.34. The molecule has 0 bridgehead atoms. The maximum absolute atomic E-state index is 12.6. The van der Waals surface area contributed by atoms with Crippen molar-refractivity contribution in [1.82, 2.24) is 4.31 Å². The fourth-order valence-electron chi connectivity index (χ4n) is 3.97. The molecule has 4 nitrogen and oxygen atoms in total. The van der Waals surface area contributed by atoms with E-state index >= 15 is 0 Å². The Hall–Kier alpha value is -0.910. The Kier molecular flexibility index (Phi) is 4.85. The summed E-state index contributed by atoms with van der Waals surface area (Å²) >= 11 is 0. The number of sulfonamides is 1. The van der Waals surface area contributed by atoms with Crippen molar-refractivity contribution >= 4 is 10.0 Å². The van der Waals surface area contributed by atoms with Gasteiger partial charge in [0.15, 0.2) is 0 Å². The third kappa shape index (κ3) is 3.36. The molecule has 1 saturated heterocycles. The summed E-state index contributed by atoms with van der Waals surface area (Å²) in [6, 6.07) is 9.56. The van der Waals surface area contributed by atoms with Crippen LogP contribution in [-0.4, -0.2) is 44.9 Å². The SMILES string of the molecule is C[C@@H]1CCC[C@@H]([NH+]2CCN(S(=O)(=O)c3ccccc3)CC2)C1. The van der Waals surface area contributed by atoms with Crippen molar-refractivity contribution in [2.45, 2.75) is 43.5 Å². The molecule has 0 spiro atoms. The number of nitrogens with zero attached hydrogens (tertiary/aromatic N) is 1.